The number of alkyl halides is 3. The molecule has 0 saturated carbocycles. The summed E-state index contributed by atoms with van der Waals surface area (Å²) in [4.78, 5) is 0. The first-order chi connectivity index (χ1) is 11.9. The number of aromatic nitrogens is 2. The zero-order chi connectivity index (χ0) is 18.0. The molecule has 4 nitrogen and oxygen atoms in total. The lowest BCUT2D eigenvalue weighted by atomic mass is 10.0. The number of aromatic hydroxyl groups is 1. The maximum Gasteiger partial charge on any atom is 0.416 e. The second kappa shape index (κ2) is 6.68. The lowest BCUT2D eigenvalue weighted by molar-refractivity contribution is -0.137. The molecule has 0 saturated heterocycles. The van der Waals surface area contributed by atoms with Gasteiger partial charge in [0, 0.05) is 18.1 Å². The van der Waals surface area contributed by atoms with E-state index in [4.69, 9.17) is 4.74 Å². The molecule has 25 heavy (non-hydrogen) atoms. The molecule has 0 radical (unpaired) electrons. The summed E-state index contributed by atoms with van der Waals surface area (Å²) < 4.78 is 43.6. The first kappa shape index (κ1) is 17.2. The largest absolute Gasteiger partial charge is 0.507 e. The van der Waals surface area contributed by atoms with Gasteiger partial charge in [0.05, 0.1) is 23.4 Å². The highest BCUT2D eigenvalue weighted by molar-refractivity contribution is 5.88. The fraction of sp³-hybridized carbons (Fsp3) is 0.222. The molecule has 1 N–H and O–H groups in total. The Morgan fingerprint density at radius 2 is 1.88 bits per heavy atom. The fourth-order valence-electron chi connectivity index (χ4n) is 2.54. The van der Waals surface area contributed by atoms with Crippen molar-refractivity contribution in [1.82, 2.24) is 10.2 Å². The van der Waals surface area contributed by atoms with Crippen molar-refractivity contribution in [2.45, 2.75) is 12.6 Å². The molecule has 3 aromatic rings. The van der Waals surface area contributed by atoms with Gasteiger partial charge >= 0.3 is 6.18 Å². The van der Waals surface area contributed by atoms with Crippen molar-refractivity contribution in [2.75, 3.05) is 13.7 Å². The standard InChI is InChI=1S/C18H15F3N2O2/c1-25-6-5-11-7-16-14(17(24)8-11)10-15(22-23-16)12-3-2-4-13(9-12)18(19,20)21/h2-4,7-10,24H,5-6H2,1H3. The molecule has 0 amide bonds. The molecule has 2 aromatic carbocycles. The smallest absolute Gasteiger partial charge is 0.416 e. The molecule has 0 aliphatic carbocycles. The summed E-state index contributed by atoms with van der Waals surface area (Å²) in [5.41, 5.74) is 1.10. The summed E-state index contributed by atoms with van der Waals surface area (Å²) in [6.45, 7) is 0.501. The van der Waals surface area contributed by atoms with Crippen LogP contribution in [0.2, 0.25) is 0 Å². The Bertz CT molecular complexity index is 910. The summed E-state index contributed by atoms with van der Waals surface area (Å²) >= 11 is 0. The number of hydrogen-bond acceptors (Lipinski definition) is 4. The van der Waals surface area contributed by atoms with E-state index in [0.29, 0.717) is 23.9 Å². The number of nitrogens with zero attached hydrogens (tertiary/aromatic N) is 2. The SMILES string of the molecule is COCCc1cc(O)c2cc(-c3cccc(C(F)(F)F)c3)nnc2c1. The molecule has 0 aliphatic rings. The van der Waals surface area contributed by atoms with Crippen molar-refractivity contribution in [2.24, 2.45) is 0 Å². The van der Waals surface area contributed by atoms with E-state index in [1.54, 1.807) is 19.2 Å². The molecule has 1 heterocycles. The van der Waals surface area contributed by atoms with E-state index in [2.05, 4.69) is 10.2 Å². The minimum Gasteiger partial charge on any atom is -0.507 e. The van der Waals surface area contributed by atoms with E-state index in [1.165, 1.54) is 18.2 Å². The second-order valence-electron chi connectivity index (χ2n) is 5.60. The number of ether oxygens (including phenoxy) is 1. The molecule has 0 fully saturated rings. The Morgan fingerprint density at radius 3 is 2.60 bits per heavy atom. The van der Waals surface area contributed by atoms with Crippen LogP contribution in [0.5, 0.6) is 5.75 Å². The van der Waals surface area contributed by atoms with Gasteiger partial charge in [-0.25, -0.2) is 0 Å². The van der Waals surface area contributed by atoms with Crippen molar-refractivity contribution in [3.8, 4) is 17.0 Å². The highest BCUT2D eigenvalue weighted by Crippen LogP contribution is 2.33. The average Bonchev–Trinajstić information content (AvgIpc) is 2.59. The number of phenols is 1. The summed E-state index contributed by atoms with van der Waals surface area (Å²) in [5.74, 6) is 0.00623. The molecule has 130 valence electrons. The van der Waals surface area contributed by atoms with E-state index >= 15 is 0 Å². The van der Waals surface area contributed by atoms with Crippen molar-refractivity contribution >= 4 is 10.9 Å². The maximum atomic E-state index is 12.9. The minimum absolute atomic E-state index is 0.00623. The Hall–Kier alpha value is -2.67. The van der Waals surface area contributed by atoms with E-state index in [1.807, 2.05) is 0 Å². The van der Waals surface area contributed by atoms with Crippen LogP contribution in [0, 0.1) is 0 Å². The summed E-state index contributed by atoms with van der Waals surface area (Å²) in [5, 5.41) is 18.7. The lowest BCUT2D eigenvalue weighted by Crippen LogP contribution is -2.04. The third kappa shape index (κ3) is 3.71. The van der Waals surface area contributed by atoms with Crippen molar-refractivity contribution in [3.05, 3.63) is 53.6 Å². The molecular weight excluding hydrogens is 333 g/mol. The van der Waals surface area contributed by atoms with E-state index in [0.717, 1.165) is 17.7 Å². The van der Waals surface area contributed by atoms with E-state index in [-0.39, 0.29) is 17.0 Å². The molecule has 3 rings (SSSR count). The van der Waals surface area contributed by atoms with Gasteiger partial charge in [0.25, 0.3) is 0 Å². The Balaban J connectivity index is 2.03. The predicted molar refractivity (Wildman–Crippen MR) is 87.2 cm³/mol. The molecule has 0 aliphatic heterocycles. The number of fused-ring (bicyclic) bond motifs is 1. The fourth-order valence-corrected chi connectivity index (χ4v) is 2.54. The molecular formula is C18H15F3N2O2. The van der Waals surface area contributed by atoms with Gasteiger partial charge in [-0.15, -0.1) is 10.2 Å². The number of rotatable bonds is 4. The molecule has 0 atom stereocenters. The number of halogens is 3. The van der Waals surface area contributed by atoms with Crippen molar-refractivity contribution in [1.29, 1.82) is 0 Å². The number of hydrogen-bond donors (Lipinski definition) is 1. The minimum atomic E-state index is -4.43. The normalized spacial score (nSPS) is 11.8. The Labute approximate surface area is 141 Å². The number of benzene rings is 2. The first-order valence-corrected chi connectivity index (χ1v) is 7.54. The lowest BCUT2D eigenvalue weighted by Gasteiger charge is -2.09. The Morgan fingerprint density at radius 1 is 1.08 bits per heavy atom. The second-order valence-corrected chi connectivity index (χ2v) is 5.60. The predicted octanol–water partition coefficient (Wildman–Crippen LogP) is 4.21. The van der Waals surface area contributed by atoms with Crippen LogP contribution in [0.15, 0.2) is 42.5 Å². The van der Waals surface area contributed by atoms with Crippen molar-refractivity contribution < 1.29 is 23.0 Å². The Kier molecular flexibility index (Phi) is 4.59. The zero-order valence-electron chi connectivity index (χ0n) is 13.3. The highest BCUT2D eigenvalue weighted by atomic mass is 19.4. The molecule has 0 unspecified atom stereocenters. The van der Waals surface area contributed by atoms with Crippen LogP contribution in [-0.2, 0) is 17.3 Å². The highest BCUT2D eigenvalue weighted by Gasteiger charge is 2.30. The third-order valence-electron chi connectivity index (χ3n) is 3.82. The van der Waals surface area contributed by atoms with Crippen LogP contribution < -0.4 is 0 Å². The van der Waals surface area contributed by atoms with Gasteiger partial charge in [-0.2, -0.15) is 13.2 Å². The monoisotopic (exact) mass is 348 g/mol. The summed E-state index contributed by atoms with van der Waals surface area (Å²) in [6, 6.07) is 9.76. The quantitative estimate of drug-likeness (QED) is 0.767. The summed E-state index contributed by atoms with van der Waals surface area (Å²) in [6.07, 6.45) is -3.82. The first-order valence-electron chi connectivity index (χ1n) is 7.54. The number of phenolic OH excluding ortho intramolecular Hbond substituents is 1. The van der Waals surface area contributed by atoms with Crippen LogP contribution in [0.3, 0.4) is 0 Å². The van der Waals surface area contributed by atoms with Gasteiger partial charge < -0.3 is 9.84 Å². The van der Waals surface area contributed by atoms with Crippen LogP contribution in [-0.4, -0.2) is 29.0 Å². The van der Waals surface area contributed by atoms with Crippen LogP contribution in [0.25, 0.3) is 22.2 Å². The third-order valence-corrected chi connectivity index (χ3v) is 3.82. The van der Waals surface area contributed by atoms with Crippen LogP contribution >= 0.6 is 0 Å². The maximum absolute atomic E-state index is 12.9. The van der Waals surface area contributed by atoms with Crippen molar-refractivity contribution in [3.63, 3.8) is 0 Å². The average molecular weight is 348 g/mol. The zero-order valence-corrected chi connectivity index (χ0v) is 13.3. The topological polar surface area (TPSA) is 55.2 Å². The number of methoxy groups -OCH3 is 1. The van der Waals surface area contributed by atoms with E-state index in [9.17, 15) is 18.3 Å². The van der Waals surface area contributed by atoms with Gasteiger partial charge in [0.2, 0.25) is 0 Å². The van der Waals surface area contributed by atoms with Gasteiger partial charge in [-0.05, 0) is 42.3 Å². The van der Waals surface area contributed by atoms with Gasteiger partial charge in [-0.3, -0.25) is 0 Å². The van der Waals surface area contributed by atoms with Crippen LogP contribution in [0.1, 0.15) is 11.1 Å². The summed E-state index contributed by atoms with van der Waals surface area (Å²) in [7, 11) is 1.59. The van der Waals surface area contributed by atoms with Gasteiger partial charge in [0.15, 0.2) is 0 Å². The molecule has 1 aromatic heterocycles. The van der Waals surface area contributed by atoms with E-state index < -0.39 is 11.7 Å². The van der Waals surface area contributed by atoms with Gasteiger partial charge in [-0.1, -0.05) is 12.1 Å². The molecule has 0 spiro atoms. The molecule has 7 heteroatoms. The van der Waals surface area contributed by atoms with Crippen LogP contribution in [0.4, 0.5) is 13.2 Å². The molecule has 0 bridgehead atoms. The van der Waals surface area contributed by atoms with Gasteiger partial charge in [0.1, 0.15) is 5.75 Å².